The Morgan fingerprint density at radius 3 is 2.81 bits per heavy atom. The maximum Gasteiger partial charge on any atom is 0.235 e. The second-order valence-electron chi connectivity index (χ2n) is 4.20. The van der Waals surface area contributed by atoms with Gasteiger partial charge in [0, 0.05) is 5.92 Å². The molecule has 0 saturated heterocycles. The molecule has 0 radical (unpaired) electrons. The fourth-order valence-electron chi connectivity index (χ4n) is 2.30. The largest absolute Gasteiger partial charge is 0.235 e. The van der Waals surface area contributed by atoms with Gasteiger partial charge in [-0.2, -0.15) is 0 Å². The summed E-state index contributed by atoms with van der Waals surface area (Å²) >= 11 is 0. The summed E-state index contributed by atoms with van der Waals surface area (Å²) in [6.07, 6.45) is 2.63. The summed E-state index contributed by atoms with van der Waals surface area (Å²) < 4.78 is 0. The molecule has 2 nitrogen and oxygen atoms in total. The van der Waals surface area contributed by atoms with Crippen molar-refractivity contribution in [3.8, 4) is 0 Å². The van der Waals surface area contributed by atoms with Crippen LogP contribution in [0.4, 0.5) is 0 Å². The molecule has 2 heteroatoms. The van der Waals surface area contributed by atoms with Gasteiger partial charge in [-0.3, -0.25) is 0 Å². The maximum absolute atomic E-state index is 10.2. The normalized spacial score (nSPS) is 22.8. The lowest BCUT2D eigenvalue weighted by Crippen LogP contribution is -1.86. The number of nitrogens with zero attached hydrogens (tertiary/aromatic N) is 1. The van der Waals surface area contributed by atoms with Crippen molar-refractivity contribution >= 4 is 16.9 Å². The van der Waals surface area contributed by atoms with Crippen LogP contribution in [-0.2, 0) is 4.79 Å². The smallest absolute Gasteiger partial charge is 0.211 e. The molecule has 0 heterocycles. The minimum atomic E-state index is 0.156. The van der Waals surface area contributed by atoms with Gasteiger partial charge in [-0.25, -0.2) is 9.79 Å². The maximum atomic E-state index is 10.2. The Morgan fingerprint density at radius 2 is 1.94 bits per heavy atom. The van der Waals surface area contributed by atoms with Gasteiger partial charge in [0.25, 0.3) is 0 Å². The summed E-state index contributed by atoms with van der Waals surface area (Å²) in [6, 6.07) is 14.8. The molecule has 0 aromatic heterocycles. The van der Waals surface area contributed by atoms with Gasteiger partial charge in [-0.05, 0) is 22.8 Å². The van der Waals surface area contributed by atoms with Crippen molar-refractivity contribution in [3.63, 3.8) is 0 Å². The van der Waals surface area contributed by atoms with Gasteiger partial charge in [-0.1, -0.05) is 42.5 Å². The van der Waals surface area contributed by atoms with Gasteiger partial charge in [-0.15, -0.1) is 0 Å². The monoisotopic (exact) mass is 209 g/mol. The Balaban J connectivity index is 2.08. The van der Waals surface area contributed by atoms with Crippen LogP contribution in [-0.4, -0.2) is 12.1 Å². The summed E-state index contributed by atoms with van der Waals surface area (Å²) in [7, 11) is 0. The Labute approximate surface area is 93.6 Å². The molecule has 1 aliphatic carbocycles. The minimum Gasteiger partial charge on any atom is -0.211 e. The number of rotatable bonds is 2. The molecular formula is C14H11NO. The van der Waals surface area contributed by atoms with E-state index in [9.17, 15) is 4.79 Å². The molecule has 0 spiro atoms. The quantitative estimate of drug-likeness (QED) is 0.552. The number of hydrogen-bond donors (Lipinski definition) is 0. The second-order valence-corrected chi connectivity index (χ2v) is 4.20. The van der Waals surface area contributed by atoms with Gasteiger partial charge in [0.15, 0.2) is 0 Å². The highest BCUT2D eigenvalue weighted by molar-refractivity contribution is 5.86. The third-order valence-electron chi connectivity index (χ3n) is 3.20. The van der Waals surface area contributed by atoms with Gasteiger partial charge in [0.2, 0.25) is 6.08 Å². The van der Waals surface area contributed by atoms with E-state index in [0.717, 1.165) is 6.42 Å². The highest BCUT2D eigenvalue weighted by Crippen LogP contribution is 2.45. The van der Waals surface area contributed by atoms with Crippen LogP contribution in [0.3, 0.4) is 0 Å². The summed E-state index contributed by atoms with van der Waals surface area (Å²) in [4.78, 5) is 14.0. The highest BCUT2D eigenvalue weighted by Gasteiger charge is 2.39. The van der Waals surface area contributed by atoms with E-state index in [4.69, 9.17) is 0 Å². The summed E-state index contributed by atoms with van der Waals surface area (Å²) in [5, 5.41) is 2.53. The van der Waals surface area contributed by atoms with Gasteiger partial charge >= 0.3 is 0 Å². The molecule has 0 amide bonds. The predicted octanol–water partition coefficient (Wildman–Crippen LogP) is 3.03. The Kier molecular flexibility index (Phi) is 2.09. The van der Waals surface area contributed by atoms with Crippen molar-refractivity contribution in [3.05, 3.63) is 48.0 Å². The van der Waals surface area contributed by atoms with Crippen molar-refractivity contribution in [2.45, 2.75) is 18.4 Å². The molecule has 78 valence electrons. The van der Waals surface area contributed by atoms with Crippen LogP contribution in [0.5, 0.6) is 0 Å². The first-order chi connectivity index (χ1) is 7.90. The first kappa shape index (κ1) is 9.32. The molecule has 1 saturated carbocycles. The fraction of sp³-hybridized carbons (Fsp3) is 0.214. The standard InChI is InChI=1S/C14H11NO/c16-9-15-14-8-13(14)12-7-3-5-10-4-1-2-6-11(10)12/h1-7,13-14H,8H2/t13-,14-/m0/s1. The van der Waals surface area contributed by atoms with Crippen LogP contribution in [0.25, 0.3) is 10.8 Å². The van der Waals surface area contributed by atoms with Crippen LogP contribution in [0, 0.1) is 0 Å². The number of carbonyl (C=O) groups excluding carboxylic acids is 1. The van der Waals surface area contributed by atoms with Gasteiger partial charge in [0.05, 0.1) is 6.04 Å². The molecule has 0 unspecified atom stereocenters. The molecule has 1 aliphatic rings. The molecule has 0 aliphatic heterocycles. The van der Waals surface area contributed by atoms with E-state index in [1.165, 1.54) is 16.3 Å². The first-order valence-electron chi connectivity index (χ1n) is 5.45. The lowest BCUT2D eigenvalue weighted by atomic mass is 10.0. The molecule has 16 heavy (non-hydrogen) atoms. The second kappa shape index (κ2) is 3.58. The number of aliphatic imine (C=N–C) groups is 1. The molecule has 3 rings (SSSR count). The molecule has 2 atom stereocenters. The highest BCUT2D eigenvalue weighted by atomic mass is 16.1. The van der Waals surface area contributed by atoms with Crippen molar-refractivity contribution < 1.29 is 4.79 Å². The number of isocyanates is 1. The Bertz CT molecular complexity index is 579. The van der Waals surface area contributed by atoms with E-state index in [0.29, 0.717) is 5.92 Å². The van der Waals surface area contributed by atoms with E-state index < -0.39 is 0 Å². The Morgan fingerprint density at radius 1 is 1.12 bits per heavy atom. The molecule has 0 N–H and O–H groups in total. The number of hydrogen-bond acceptors (Lipinski definition) is 2. The van der Waals surface area contributed by atoms with Crippen LogP contribution in [0.2, 0.25) is 0 Å². The zero-order valence-corrected chi connectivity index (χ0v) is 8.76. The van der Waals surface area contributed by atoms with Crippen molar-refractivity contribution in [1.29, 1.82) is 0 Å². The summed E-state index contributed by atoms with van der Waals surface area (Å²) in [6.45, 7) is 0. The average molecular weight is 209 g/mol. The molecule has 2 aromatic rings. The number of fused-ring (bicyclic) bond motifs is 1. The van der Waals surface area contributed by atoms with Crippen molar-refractivity contribution in [2.24, 2.45) is 4.99 Å². The first-order valence-corrected chi connectivity index (χ1v) is 5.45. The molecular weight excluding hydrogens is 198 g/mol. The fourth-order valence-corrected chi connectivity index (χ4v) is 2.30. The van der Waals surface area contributed by atoms with Crippen LogP contribution < -0.4 is 0 Å². The minimum absolute atomic E-state index is 0.156. The third-order valence-corrected chi connectivity index (χ3v) is 3.20. The zero-order valence-electron chi connectivity index (χ0n) is 8.76. The zero-order chi connectivity index (χ0) is 11.0. The van der Waals surface area contributed by atoms with Crippen molar-refractivity contribution in [2.75, 3.05) is 0 Å². The van der Waals surface area contributed by atoms with Gasteiger partial charge in [0.1, 0.15) is 0 Å². The SMILES string of the molecule is O=C=N[C@H]1C[C@H]1c1cccc2ccccc12. The average Bonchev–Trinajstić information content (AvgIpc) is 3.08. The van der Waals surface area contributed by atoms with E-state index in [1.54, 1.807) is 6.08 Å². The van der Waals surface area contributed by atoms with Crippen LogP contribution in [0.15, 0.2) is 47.5 Å². The van der Waals surface area contributed by atoms with Crippen LogP contribution >= 0.6 is 0 Å². The van der Waals surface area contributed by atoms with E-state index in [2.05, 4.69) is 35.3 Å². The lowest BCUT2D eigenvalue weighted by molar-refractivity contribution is 0.562. The van der Waals surface area contributed by atoms with Crippen molar-refractivity contribution in [1.82, 2.24) is 0 Å². The lowest BCUT2D eigenvalue weighted by Gasteiger charge is -2.04. The molecule has 2 aromatic carbocycles. The number of benzene rings is 2. The van der Waals surface area contributed by atoms with Crippen LogP contribution in [0.1, 0.15) is 17.9 Å². The summed E-state index contributed by atoms with van der Waals surface area (Å²) in [5.41, 5.74) is 1.31. The summed E-state index contributed by atoms with van der Waals surface area (Å²) in [5.74, 6) is 0.410. The topological polar surface area (TPSA) is 29.4 Å². The molecule has 1 fully saturated rings. The van der Waals surface area contributed by atoms with E-state index >= 15 is 0 Å². The van der Waals surface area contributed by atoms with E-state index in [-0.39, 0.29) is 6.04 Å². The third kappa shape index (κ3) is 1.44. The van der Waals surface area contributed by atoms with E-state index in [1.807, 2.05) is 12.1 Å². The Hall–Kier alpha value is -1.92. The predicted molar refractivity (Wildman–Crippen MR) is 63.2 cm³/mol. The van der Waals surface area contributed by atoms with Gasteiger partial charge < -0.3 is 0 Å². The molecule has 0 bridgehead atoms.